The lowest BCUT2D eigenvalue weighted by Crippen LogP contribution is -2.47. The fourth-order valence-corrected chi connectivity index (χ4v) is 11.0. The molecule has 4 heterocycles. The molecule has 0 saturated carbocycles. The molecule has 2 N–H and O–H groups in total. The molecule has 2 aromatic heterocycles. The first kappa shape index (κ1) is 51.3. The van der Waals surface area contributed by atoms with Gasteiger partial charge in [-0.1, -0.05) is 50.9 Å². The molecule has 20 heteroatoms. The van der Waals surface area contributed by atoms with Crippen molar-refractivity contribution < 1.29 is 45.6 Å². The van der Waals surface area contributed by atoms with Crippen LogP contribution in [0.15, 0.2) is 89.6 Å². The Morgan fingerprint density at radius 1 is 1.04 bits per heavy atom. The fraction of sp³-hybridized carbons (Fsp3) is 0.431. The number of alkyl halides is 3. The lowest BCUT2D eigenvalue weighted by Gasteiger charge is -2.39. The monoisotopic (exact) mass is 1020 g/mol. The fourth-order valence-electron chi connectivity index (χ4n) is 9.45. The Kier molecular flexibility index (Phi) is 15.2. The topological polar surface area (TPSA) is 180 Å². The number of ketones is 1. The van der Waals surface area contributed by atoms with E-state index in [4.69, 9.17) is 21.1 Å². The molecular formula is C51H57ClF3N7O8S. The van der Waals surface area contributed by atoms with Crippen LogP contribution in [0.4, 0.5) is 30.2 Å². The van der Waals surface area contributed by atoms with Gasteiger partial charge in [-0.05, 0) is 90.8 Å². The van der Waals surface area contributed by atoms with Gasteiger partial charge in [0.15, 0.2) is 15.6 Å². The Labute approximate surface area is 415 Å². The van der Waals surface area contributed by atoms with E-state index in [9.17, 15) is 41.3 Å². The molecule has 2 fully saturated rings. The number of aromatic amines is 1. The standard InChI is InChI=1S/C51H57ClF3N7O8S/c1-32(2)49(64)61-21-22-69-37(30-61)13-16-56-44-10-7-39(26-45(44)62(65)66)71(67,68)31-46(63)41-9-6-36(25-47(41)70-38-23-33-12-15-57-48(33)58-28-38)60-19-17-59(18-20-60)29-34-11-14-50(3,4)27-42(34)40-8-5-35(24-43(40)52)51(53,54)55/h5-10,12,15,23-26,28,32,37,56H,11,13-14,16-22,27,29-31H2,1-4H3,(H,57,58). The summed E-state index contributed by atoms with van der Waals surface area (Å²) in [5.74, 6) is -1.52. The smallest absolute Gasteiger partial charge is 0.416 e. The van der Waals surface area contributed by atoms with Crippen molar-refractivity contribution in [3.8, 4) is 11.5 Å². The Balaban J connectivity index is 0.975. The van der Waals surface area contributed by atoms with E-state index in [1.54, 1.807) is 29.3 Å². The highest BCUT2D eigenvalue weighted by Crippen LogP contribution is 2.46. The predicted molar refractivity (Wildman–Crippen MR) is 266 cm³/mol. The van der Waals surface area contributed by atoms with Crippen molar-refractivity contribution in [3.05, 3.63) is 117 Å². The molecule has 1 aliphatic carbocycles. The highest BCUT2D eigenvalue weighted by Gasteiger charge is 2.34. The number of pyridine rings is 1. The number of benzene rings is 3. The van der Waals surface area contributed by atoms with Crippen LogP contribution in [0.5, 0.6) is 11.5 Å². The number of nitro groups is 1. The molecule has 15 nitrogen and oxygen atoms in total. The van der Waals surface area contributed by atoms with Crippen molar-refractivity contribution in [1.82, 2.24) is 19.8 Å². The second kappa shape index (κ2) is 21.0. The van der Waals surface area contributed by atoms with Crippen molar-refractivity contribution in [2.75, 3.05) is 74.9 Å². The van der Waals surface area contributed by atoms with Gasteiger partial charge in [-0.3, -0.25) is 24.6 Å². The maximum absolute atomic E-state index is 14.1. The zero-order valence-electron chi connectivity index (χ0n) is 40.0. The van der Waals surface area contributed by atoms with Crippen LogP contribution in [0.25, 0.3) is 16.6 Å². The number of nitrogens with one attached hydrogen (secondary N) is 2. The highest BCUT2D eigenvalue weighted by atomic mass is 35.5. The number of allylic oxidation sites excluding steroid dienone is 1. The molecule has 3 aliphatic rings. The minimum atomic E-state index is -4.50. The first-order chi connectivity index (χ1) is 33.6. The SMILES string of the molecule is CC(C)C(=O)N1CCOC(CCNc2ccc(S(=O)(=O)CC(=O)c3ccc(N4CCN(CC5=C(c6ccc(C(F)(F)F)cc6Cl)CC(C)(C)CC5)CC4)cc3Oc3cnc4[nH]ccc4c3)cc2[N+](=O)[O-])C1. The summed E-state index contributed by atoms with van der Waals surface area (Å²) in [4.78, 5) is 51.4. The van der Waals surface area contributed by atoms with Crippen molar-refractivity contribution in [1.29, 1.82) is 0 Å². The number of piperazine rings is 1. The van der Waals surface area contributed by atoms with Crippen molar-refractivity contribution in [2.45, 2.75) is 70.6 Å². The second-order valence-corrected chi connectivity index (χ2v) is 21.9. The first-order valence-electron chi connectivity index (χ1n) is 23.6. The van der Waals surface area contributed by atoms with Gasteiger partial charge in [0, 0.05) is 92.7 Å². The number of carbonyl (C=O) groups excluding carboxylic acids is 2. The summed E-state index contributed by atoms with van der Waals surface area (Å²) >= 11 is 6.54. The third-order valence-corrected chi connectivity index (χ3v) is 15.3. The van der Waals surface area contributed by atoms with Crippen LogP contribution < -0.4 is 15.0 Å². The summed E-state index contributed by atoms with van der Waals surface area (Å²) < 4.78 is 80.5. The number of nitro benzene ring substituents is 1. The molecule has 0 spiro atoms. The summed E-state index contributed by atoms with van der Waals surface area (Å²) in [6.07, 6.45) is 1.26. The molecule has 8 rings (SSSR count). The quantitative estimate of drug-likeness (QED) is 0.0543. The number of halogens is 4. The molecule has 1 atom stereocenters. The number of hydrogen-bond acceptors (Lipinski definition) is 12. The lowest BCUT2D eigenvalue weighted by atomic mass is 9.72. The second-order valence-electron chi connectivity index (χ2n) is 19.5. The number of fused-ring (bicyclic) bond motifs is 1. The van der Waals surface area contributed by atoms with Gasteiger partial charge < -0.3 is 29.6 Å². The van der Waals surface area contributed by atoms with Crippen LogP contribution in [0.3, 0.4) is 0 Å². The molecule has 1 amide bonds. The average Bonchev–Trinajstić information content (AvgIpc) is 3.80. The number of nitrogens with zero attached hydrogens (tertiary/aromatic N) is 5. The number of sulfone groups is 1. The van der Waals surface area contributed by atoms with Gasteiger partial charge >= 0.3 is 6.18 Å². The Hall–Kier alpha value is -6.02. The number of ether oxygens (including phenoxy) is 2. The summed E-state index contributed by atoms with van der Waals surface area (Å²) in [5.41, 5.74) is 2.86. The molecule has 2 aliphatic heterocycles. The van der Waals surface area contributed by atoms with Gasteiger partial charge in [-0.25, -0.2) is 13.4 Å². The zero-order chi connectivity index (χ0) is 50.8. The Bertz CT molecular complexity index is 2970. The number of amides is 1. The van der Waals surface area contributed by atoms with Gasteiger partial charge in [0.2, 0.25) is 5.91 Å². The number of hydrogen-bond donors (Lipinski definition) is 2. The number of Topliss-reactive ketones (excluding diaryl/α,β-unsaturated/α-hetero) is 1. The lowest BCUT2D eigenvalue weighted by molar-refractivity contribution is -0.384. The van der Waals surface area contributed by atoms with Gasteiger partial charge in [-0.2, -0.15) is 13.2 Å². The molecule has 378 valence electrons. The van der Waals surface area contributed by atoms with E-state index < -0.39 is 48.6 Å². The number of H-pyrrole nitrogens is 1. The van der Waals surface area contributed by atoms with Crippen LogP contribution in [-0.4, -0.2) is 116 Å². The zero-order valence-corrected chi connectivity index (χ0v) is 41.6. The highest BCUT2D eigenvalue weighted by molar-refractivity contribution is 7.92. The van der Waals surface area contributed by atoms with Gasteiger partial charge in [0.05, 0.1) is 39.9 Å². The largest absolute Gasteiger partial charge is 0.455 e. The van der Waals surface area contributed by atoms with Crippen molar-refractivity contribution >= 4 is 66.8 Å². The summed E-state index contributed by atoms with van der Waals surface area (Å²) in [6, 6.07) is 15.5. The number of aromatic nitrogens is 2. The van der Waals surface area contributed by atoms with Crippen LogP contribution in [0, 0.1) is 21.4 Å². The normalized spacial score (nSPS) is 18.0. The maximum Gasteiger partial charge on any atom is 0.416 e. The molecular weight excluding hydrogens is 963 g/mol. The molecule has 2 saturated heterocycles. The molecule has 71 heavy (non-hydrogen) atoms. The van der Waals surface area contributed by atoms with E-state index in [-0.39, 0.29) is 51.9 Å². The number of carbonyl (C=O) groups is 2. The van der Waals surface area contributed by atoms with E-state index in [1.807, 2.05) is 19.9 Å². The van der Waals surface area contributed by atoms with Crippen molar-refractivity contribution in [3.63, 3.8) is 0 Å². The Morgan fingerprint density at radius 3 is 2.54 bits per heavy atom. The van der Waals surface area contributed by atoms with Crippen LogP contribution in [-0.2, 0) is 25.5 Å². The minimum Gasteiger partial charge on any atom is -0.455 e. The summed E-state index contributed by atoms with van der Waals surface area (Å²) in [7, 11) is -4.42. The summed E-state index contributed by atoms with van der Waals surface area (Å²) in [5, 5.41) is 16.1. The van der Waals surface area contributed by atoms with Crippen LogP contribution >= 0.6 is 11.6 Å². The number of anilines is 2. The van der Waals surface area contributed by atoms with Gasteiger partial charge in [0.1, 0.15) is 28.6 Å². The number of morpholine rings is 1. The van der Waals surface area contributed by atoms with Crippen molar-refractivity contribution in [2.24, 2.45) is 11.3 Å². The van der Waals surface area contributed by atoms with Crippen LogP contribution in [0.2, 0.25) is 5.02 Å². The first-order valence-corrected chi connectivity index (χ1v) is 25.7. The maximum atomic E-state index is 14.1. The molecule has 3 aromatic carbocycles. The van der Waals surface area contributed by atoms with E-state index >= 15 is 0 Å². The number of rotatable bonds is 16. The molecule has 5 aromatic rings. The molecule has 0 radical (unpaired) electrons. The van der Waals surface area contributed by atoms with Crippen LogP contribution in [0.1, 0.15) is 74.9 Å². The van der Waals surface area contributed by atoms with E-state index in [2.05, 4.69) is 38.9 Å². The average molecular weight is 1020 g/mol. The van der Waals surface area contributed by atoms with E-state index in [0.717, 1.165) is 53.3 Å². The van der Waals surface area contributed by atoms with Gasteiger partial charge in [-0.15, -0.1) is 0 Å². The van der Waals surface area contributed by atoms with Gasteiger partial charge in [0.25, 0.3) is 5.69 Å². The minimum absolute atomic E-state index is 0.0156. The van der Waals surface area contributed by atoms with E-state index in [1.165, 1.54) is 30.5 Å². The Morgan fingerprint density at radius 2 is 1.82 bits per heavy atom. The third-order valence-electron chi connectivity index (χ3n) is 13.4. The third kappa shape index (κ3) is 12.2. The van der Waals surface area contributed by atoms with E-state index in [0.29, 0.717) is 82.2 Å². The molecule has 0 bridgehead atoms. The molecule has 1 unspecified atom stereocenters. The predicted octanol–water partition coefficient (Wildman–Crippen LogP) is 10.1. The summed E-state index contributed by atoms with van der Waals surface area (Å²) in [6.45, 7) is 12.6.